The molecule has 0 bridgehead atoms. The second-order valence-electron chi connectivity index (χ2n) is 7.30. The van der Waals surface area contributed by atoms with Crippen molar-refractivity contribution in [1.29, 1.82) is 0 Å². The minimum absolute atomic E-state index is 0.134. The standard InChI is InChI=1S/C21H21N3O6/c1-12(2)20-21(27)23(17-8-7-16(24(28)29)10-18(17)30-20)11-19(26)22-15-6-4-5-14(9-15)13(3)25/h4-10,12,20H,11H2,1-3H3,(H,22,26). The third kappa shape index (κ3) is 4.29. The molecule has 0 saturated heterocycles. The molecule has 0 radical (unpaired) electrons. The topological polar surface area (TPSA) is 119 Å². The predicted molar refractivity (Wildman–Crippen MR) is 110 cm³/mol. The minimum Gasteiger partial charge on any atom is -0.478 e. The number of fused-ring (bicyclic) bond motifs is 1. The molecule has 9 heteroatoms. The number of nitro benzene ring substituents is 1. The van der Waals surface area contributed by atoms with Crippen LogP contribution in [-0.2, 0) is 9.59 Å². The van der Waals surface area contributed by atoms with Crippen LogP contribution in [0.5, 0.6) is 5.75 Å². The van der Waals surface area contributed by atoms with Crippen molar-refractivity contribution < 1.29 is 24.0 Å². The summed E-state index contributed by atoms with van der Waals surface area (Å²) in [5, 5.41) is 13.8. The van der Waals surface area contributed by atoms with Crippen molar-refractivity contribution in [1.82, 2.24) is 0 Å². The van der Waals surface area contributed by atoms with Gasteiger partial charge in [-0.3, -0.25) is 29.4 Å². The molecule has 1 N–H and O–H groups in total. The first-order valence-electron chi connectivity index (χ1n) is 9.34. The molecule has 1 atom stereocenters. The van der Waals surface area contributed by atoms with Gasteiger partial charge in [0.15, 0.2) is 17.6 Å². The van der Waals surface area contributed by atoms with E-state index in [1.54, 1.807) is 38.1 Å². The molecule has 2 aromatic rings. The van der Waals surface area contributed by atoms with E-state index in [2.05, 4.69) is 5.32 Å². The van der Waals surface area contributed by atoms with E-state index < -0.39 is 22.8 Å². The van der Waals surface area contributed by atoms with Gasteiger partial charge in [-0.2, -0.15) is 0 Å². The molecule has 0 fully saturated rings. The van der Waals surface area contributed by atoms with E-state index in [1.807, 2.05) is 0 Å². The van der Waals surface area contributed by atoms with Crippen LogP contribution in [0.3, 0.4) is 0 Å². The van der Waals surface area contributed by atoms with E-state index in [0.29, 0.717) is 11.3 Å². The monoisotopic (exact) mass is 411 g/mol. The molecule has 3 rings (SSSR count). The number of rotatable bonds is 6. The lowest BCUT2D eigenvalue weighted by Crippen LogP contribution is -2.50. The summed E-state index contributed by atoms with van der Waals surface area (Å²) in [6.45, 7) is 4.70. The lowest BCUT2D eigenvalue weighted by atomic mass is 10.0. The second-order valence-corrected chi connectivity index (χ2v) is 7.30. The molecule has 2 amide bonds. The molecular weight excluding hydrogens is 390 g/mol. The maximum absolute atomic E-state index is 12.9. The molecule has 0 aromatic heterocycles. The number of nitro groups is 1. The van der Waals surface area contributed by atoms with Crippen LogP contribution >= 0.6 is 0 Å². The van der Waals surface area contributed by atoms with Crippen molar-refractivity contribution in [2.45, 2.75) is 26.9 Å². The van der Waals surface area contributed by atoms with E-state index in [1.165, 1.54) is 30.0 Å². The van der Waals surface area contributed by atoms with Crippen molar-refractivity contribution >= 4 is 34.7 Å². The highest BCUT2D eigenvalue weighted by molar-refractivity contribution is 6.06. The van der Waals surface area contributed by atoms with Crippen molar-refractivity contribution in [3.05, 3.63) is 58.1 Å². The van der Waals surface area contributed by atoms with Gasteiger partial charge in [0, 0.05) is 17.3 Å². The van der Waals surface area contributed by atoms with Crippen LogP contribution in [0.15, 0.2) is 42.5 Å². The number of ketones is 1. The van der Waals surface area contributed by atoms with Gasteiger partial charge in [-0.1, -0.05) is 26.0 Å². The molecule has 0 aliphatic carbocycles. The highest BCUT2D eigenvalue weighted by Crippen LogP contribution is 2.38. The number of carbonyl (C=O) groups is 3. The summed E-state index contributed by atoms with van der Waals surface area (Å²) in [7, 11) is 0. The fraction of sp³-hybridized carbons (Fsp3) is 0.286. The summed E-state index contributed by atoms with van der Waals surface area (Å²) >= 11 is 0. The third-order valence-corrected chi connectivity index (χ3v) is 4.67. The molecule has 9 nitrogen and oxygen atoms in total. The first-order valence-corrected chi connectivity index (χ1v) is 9.34. The largest absolute Gasteiger partial charge is 0.478 e. The van der Waals surface area contributed by atoms with Gasteiger partial charge in [-0.15, -0.1) is 0 Å². The number of nitrogens with one attached hydrogen (secondary N) is 1. The molecule has 1 aliphatic rings. The van der Waals surface area contributed by atoms with E-state index >= 15 is 0 Å². The number of carbonyl (C=O) groups excluding carboxylic acids is 3. The number of ether oxygens (including phenoxy) is 1. The lowest BCUT2D eigenvalue weighted by Gasteiger charge is -2.35. The average Bonchev–Trinajstić information content (AvgIpc) is 2.69. The molecule has 1 aliphatic heterocycles. The molecule has 1 unspecified atom stereocenters. The summed E-state index contributed by atoms with van der Waals surface area (Å²) in [6, 6.07) is 10.4. The second kappa shape index (κ2) is 8.32. The lowest BCUT2D eigenvalue weighted by molar-refractivity contribution is -0.384. The first-order chi connectivity index (χ1) is 14.2. The Morgan fingerprint density at radius 3 is 2.60 bits per heavy atom. The van der Waals surface area contributed by atoms with Crippen LogP contribution in [0.4, 0.5) is 17.1 Å². The molecule has 2 aromatic carbocycles. The number of anilines is 2. The minimum atomic E-state index is -0.867. The highest BCUT2D eigenvalue weighted by Gasteiger charge is 2.38. The number of hydrogen-bond donors (Lipinski definition) is 1. The number of non-ortho nitro benzene ring substituents is 1. The Balaban J connectivity index is 1.87. The quantitative estimate of drug-likeness (QED) is 0.443. The van der Waals surface area contributed by atoms with Gasteiger partial charge in [-0.05, 0) is 31.0 Å². The van der Waals surface area contributed by atoms with Gasteiger partial charge >= 0.3 is 0 Å². The van der Waals surface area contributed by atoms with Gasteiger partial charge in [-0.25, -0.2) is 0 Å². The average molecular weight is 411 g/mol. The molecular formula is C21H21N3O6. The fourth-order valence-electron chi connectivity index (χ4n) is 3.14. The van der Waals surface area contributed by atoms with Crippen molar-refractivity contribution in [3.8, 4) is 5.75 Å². The number of hydrogen-bond acceptors (Lipinski definition) is 6. The van der Waals surface area contributed by atoms with Gasteiger partial charge in [0.25, 0.3) is 11.6 Å². The summed E-state index contributed by atoms with van der Waals surface area (Å²) in [6.07, 6.45) is -0.867. The van der Waals surface area contributed by atoms with Gasteiger partial charge in [0.2, 0.25) is 5.91 Å². The zero-order chi connectivity index (χ0) is 22.0. The third-order valence-electron chi connectivity index (χ3n) is 4.67. The zero-order valence-electron chi connectivity index (χ0n) is 16.7. The molecule has 156 valence electrons. The Kier molecular flexibility index (Phi) is 5.81. The van der Waals surface area contributed by atoms with E-state index in [9.17, 15) is 24.5 Å². The fourth-order valence-corrected chi connectivity index (χ4v) is 3.14. The summed E-state index contributed by atoms with van der Waals surface area (Å²) in [5.74, 6) is -1.04. The van der Waals surface area contributed by atoms with Crippen molar-refractivity contribution in [3.63, 3.8) is 0 Å². The van der Waals surface area contributed by atoms with Crippen LogP contribution in [0, 0.1) is 16.0 Å². The summed E-state index contributed by atoms with van der Waals surface area (Å²) < 4.78 is 5.70. The number of amides is 2. The number of nitrogens with zero attached hydrogens (tertiary/aromatic N) is 2. The molecule has 30 heavy (non-hydrogen) atoms. The van der Waals surface area contributed by atoms with Crippen LogP contribution in [0.2, 0.25) is 0 Å². The SMILES string of the molecule is CC(=O)c1cccc(NC(=O)CN2C(=O)C(C(C)C)Oc3cc([N+](=O)[O-])ccc32)c1. The van der Waals surface area contributed by atoms with Gasteiger partial charge in [0.05, 0.1) is 16.7 Å². The van der Waals surface area contributed by atoms with Gasteiger partial charge < -0.3 is 10.1 Å². The van der Waals surface area contributed by atoms with E-state index in [-0.39, 0.29) is 35.4 Å². The Bertz CT molecular complexity index is 1030. The maximum atomic E-state index is 12.9. The van der Waals surface area contributed by atoms with Crippen LogP contribution in [-0.4, -0.2) is 35.2 Å². The molecule has 1 heterocycles. The maximum Gasteiger partial charge on any atom is 0.273 e. The predicted octanol–water partition coefficient (Wildman–Crippen LogP) is 3.19. The van der Waals surface area contributed by atoms with Crippen molar-refractivity contribution in [2.24, 2.45) is 5.92 Å². The van der Waals surface area contributed by atoms with Crippen LogP contribution in [0.25, 0.3) is 0 Å². The number of benzene rings is 2. The van der Waals surface area contributed by atoms with E-state index in [0.717, 1.165) is 0 Å². The van der Waals surface area contributed by atoms with E-state index in [4.69, 9.17) is 4.74 Å². The van der Waals surface area contributed by atoms with Gasteiger partial charge in [0.1, 0.15) is 6.54 Å². The highest BCUT2D eigenvalue weighted by atomic mass is 16.6. The first kappa shape index (κ1) is 21.0. The van der Waals surface area contributed by atoms with Crippen LogP contribution in [0.1, 0.15) is 31.1 Å². The number of Topliss-reactive ketones (excluding diaryl/α,β-unsaturated/α-hetero) is 1. The normalized spacial score (nSPS) is 15.4. The Morgan fingerprint density at radius 1 is 1.23 bits per heavy atom. The summed E-state index contributed by atoms with van der Waals surface area (Å²) in [5.41, 5.74) is 0.997. The Hall–Kier alpha value is -3.75. The Morgan fingerprint density at radius 2 is 1.97 bits per heavy atom. The smallest absolute Gasteiger partial charge is 0.273 e. The Labute approximate surface area is 172 Å². The zero-order valence-corrected chi connectivity index (χ0v) is 16.7. The van der Waals surface area contributed by atoms with Crippen molar-refractivity contribution in [2.75, 3.05) is 16.8 Å². The summed E-state index contributed by atoms with van der Waals surface area (Å²) in [4.78, 5) is 48.9. The molecule has 0 saturated carbocycles. The molecule has 0 spiro atoms. The van der Waals surface area contributed by atoms with Crippen LogP contribution < -0.4 is 15.0 Å².